The second-order valence-electron chi connectivity index (χ2n) is 5.12. The zero-order valence-electron chi connectivity index (χ0n) is 12.8. The van der Waals surface area contributed by atoms with Crippen molar-refractivity contribution in [2.24, 2.45) is 0 Å². The number of thioether (sulfide) groups is 1. The van der Waals surface area contributed by atoms with E-state index < -0.39 is 0 Å². The van der Waals surface area contributed by atoms with E-state index >= 15 is 0 Å². The molecule has 0 atom stereocenters. The number of hydrogen-bond acceptors (Lipinski definition) is 3. The Hall–Kier alpha value is -2.60. The van der Waals surface area contributed by atoms with Crippen LogP contribution in [0.5, 0.6) is 0 Å². The smallest absolute Gasteiger partial charge is 0.230 e. The molecule has 0 unspecified atom stereocenters. The molecule has 24 heavy (non-hydrogen) atoms. The average Bonchev–Trinajstić information content (AvgIpc) is 3.09. The van der Waals surface area contributed by atoms with E-state index in [9.17, 15) is 9.18 Å². The Labute approximate surface area is 143 Å². The lowest BCUT2D eigenvalue weighted by Gasteiger charge is -2.05. The molecule has 1 aromatic heterocycles. The van der Waals surface area contributed by atoms with Gasteiger partial charge in [-0.25, -0.2) is 9.37 Å². The summed E-state index contributed by atoms with van der Waals surface area (Å²) < 4.78 is 13.5. The van der Waals surface area contributed by atoms with E-state index in [1.54, 1.807) is 24.4 Å². The largest absolute Gasteiger partial charge is 0.351 e. The highest BCUT2D eigenvalue weighted by molar-refractivity contribution is 7.99. The van der Waals surface area contributed by atoms with Gasteiger partial charge in [-0.1, -0.05) is 60.3 Å². The Kier molecular flexibility index (Phi) is 5.28. The van der Waals surface area contributed by atoms with Gasteiger partial charge in [0.2, 0.25) is 5.91 Å². The zero-order chi connectivity index (χ0) is 16.8. The molecular weight excluding hydrogens is 325 g/mol. The summed E-state index contributed by atoms with van der Waals surface area (Å²) in [6, 6.07) is 16.2. The molecule has 3 rings (SSSR count). The summed E-state index contributed by atoms with van der Waals surface area (Å²) in [5.74, 6) is -0.263. The second-order valence-corrected chi connectivity index (χ2v) is 6.09. The van der Waals surface area contributed by atoms with Crippen molar-refractivity contribution >= 4 is 17.7 Å². The quantitative estimate of drug-likeness (QED) is 0.673. The van der Waals surface area contributed by atoms with Crippen molar-refractivity contribution in [1.82, 2.24) is 15.3 Å². The lowest BCUT2D eigenvalue weighted by molar-refractivity contribution is -0.118. The van der Waals surface area contributed by atoms with Crippen LogP contribution in [0.3, 0.4) is 0 Å². The molecule has 1 amide bonds. The Bertz CT molecular complexity index is 820. The van der Waals surface area contributed by atoms with Crippen LogP contribution in [0.25, 0.3) is 11.3 Å². The Balaban J connectivity index is 1.50. The number of halogens is 1. The summed E-state index contributed by atoms with van der Waals surface area (Å²) in [6.45, 7) is 0.180. The summed E-state index contributed by atoms with van der Waals surface area (Å²) >= 11 is 1.31. The Morgan fingerprint density at radius 3 is 2.67 bits per heavy atom. The van der Waals surface area contributed by atoms with E-state index in [1.165, 1.54) is 17.8 Å². The molecule has 0 saturated heterocycles. The maximum atomic E-state index is 13.5. The van der Waals surface area contributed by atoms with Gasteiger partial charge >= 0.3 is 0 Å². The predicted molar refractivity (Wildman–Crippen MR) is 93.0 cm³/mol. The van der Waals surface area contributed by atoms with Gasteiger partial charge in [-0.2, -0.15) is 0 Å². The fourth-order valence-electron chi connectivity index (χ4n) is 2.16. The number of H-pyrrole nitrogens is 1. The van der Waals surface area contributed by atoms with E-state index in [0.29, 0.717) is 10.7 Å². The van der Waals surface area contributed by atoms with Crippen LogP contribution in [-0.4, -0.2) is 21.6 Å². The molecule has 0 spiro atoms. The van der Waals surface area contributed by atoms with Crippen LogP contribution in [0.15, 0.2) is 66.0 Å². The number of carbonyl (C=O) groups excluding carboxylic acids is 1. The number of rotatable bonds is 6. The zero-order valence-corrected chi connectivity index (χ0v) is 13.6. The van der Waals surface area contributed by atoms with Crippen LogP contribution < -0.4 is 5.32 Å². The monoisotopic (exact) mass is 341 g/mol. The first-order valence-corrected chi connectivity index (χ1v) is 8.44. The third kappa shape index (κ3) is 4.23. The van der Waals surface area contributed by atoms with E-state index in [-0.39, 0.29) is 24.0 Å². The molecule has 2 aromatic carbocycles. The summed E-state index contributed by atoms with van der Waals surface area (Å²) in [5.41, 5.74) is 2.42. The lowest BCUT2D eigenvalue weighted by Crippen LogP contribution is -2.25. The molecule has 0 saturated carbocycles. The molecule has 6 heteroatoms. The molecule has 0 aliphatic rings. The number of imidazole rings is 1. The Morgan fingerprint density at radius 2 is 1.88 bits per heavy atom. The first kappa shape index (κ1) is 16.3. The first-order chi connectivity index (χ1) is 11.7. The fraction of sp³-hybridized carbons (Fsp3) is 0.111. The highest BCUT2D eigenvalue weighted by atomic mass is 32.2. The third-order valence-electron chi connectivity index (χ3n) is 3.41. The average molecular weight is 341 g/mol. The van der Waals surface area contributed by atoms with Crippen molar-refractivity contribution in [3.63, 3.8) is 0 Å². The fourth-order valence-corrected chi connectivity index (χ4v) is 2.84. The van der Waals surface area contributed by atoms with Crippen LogP contribution in [0.1, 0.15) is 5.56 Å². The molecule has 2 N–H and O–H groups in total. The minimum absolute atomic E-state index is 0.166. The number of benzene rings is 2. The van der Waals surface area contributed by atoms with Gasteiger partial charge in [0.25, 0.3) is 0 Å². The SMILES string of the molecule is O=C(CSc1ncc(-c2ccccc2)[nH]1)NCc1ccccc1F. The molecule has 3 aromatic rings. The van der Waals surface area contributed by atoms with Crippen molar-refractivity contribution in [1.29, 1.82) is 0 Å². The maximum absolute atomic E-state index is 13.5. The van der Waals surface area contributed by atoms with E-state index in [1.807, 2.05) is 30.3 Å². The van der Waals surface area contributed by atoms with Gasteiger partial charge in [0.1, 0.15) is 5.82 Å². The van der Waals surface area contributed by atoms with Gasteiger partial charge in [0.05, 0.1) is 17.6 Å². The van der Waals surface area contributed by atoms with Crippen LogP contribution in [0, 0.1) is 5.82 Å². The molecule has 0 aliphatic heterocycles. The van der Waals surface area contributed by atoms with Crippen molar-refractivity contribution in [2.45, 2.75) is 11.7 Å². The minimum atomic E-state index is -0.316. The van der Waals surface area contributed by atoms with E-state index in [4.69, 9.17) is 0 Å². The number of nitrogens with one attached hydrogen (secondary N) is 2. The van der Waals surface area contributed by atoms with Crippen LogP contribution >= 0.6 is 11.8 Å². The number of aromatic amines is 1. The molecule has 0 bridgehead atoms. The van der Waals surface area contributed by atoms with Crippen LogP contribution in [0.4, 0.5) is 4.39 Å². The molecule has 0 radical (unpaired) electrons. The van der Waals surface area contributed by atoms with Crippen LogP contribution in [0.2, 0.25) is 0 Å². The summed E-state index contributed by atoms with van der Waals surface area (Å²) in [6.07, 6.45) is 1.74. The summed E-state index contributed by atoms with van der Waals surface area (Å²) in [7, 11) is 0. The van der Waals surface area contributed by atoms with E-state index in [2.05, 4.69) is 15.3 Å². The lowest BCUT2D eigenvalue weighted by atomic mass is 10.2. The van der Waals surface area contributed by atoms with Crippen molar-refractivity contribution < 1.29 is 9.18 Å². The molecule has 122 valence electrons. The number of hydrogen-bond donors (Lipinski definition) is 2. The predicted octanol–water partition coefficient (Wildman–Crippen LogP) is 3.62. The number of aromatic nitrogens is 2. The Morgan fingerprint density at radius 1 is 1.12 bits per heavy atom. The normalized spacial score (nSPS) is 10.5. The van der Waals surface area contributed by atoms with Gasteiger partial charge in [-0.3, -0.25) is 4.79 Å². The third-order valence-corrected chi connectivity index (χ3v) is 4.30. The molecule has 0 aliphatic carbocycles. The van der Waals surface area contributed by atoms with Gasteiger partial charge < -0.3 is 10.3 Å². The topological polar surface area (TPSA) is 57.8 Å². The van der Waals surface area contributed by atoms with Crippen molar-refractivity contribution in [3.8, 4) is 11.3 Å². The number of amides is 1. The van der Waals surface area contributed by atoms with Gasteiger partial charge in [-0.15, -0.1) is 0 Å². The van der Waals surface area contributed by atoms with Crippen molar-refractivity contribution in [3.05, 3.63) is 72.2 Å². The highest BCUT2D eigenvalue weighted by Crippen LogP contribution is 2.20. The molecular formula is C18H16FN3OS. The molecule has 0 fully saturated rings. The summed E-state index contributed by atoms with van der Waals surface area (Å²) in [5, 5.41) is 3.38. The van der Waals surface area contributed by atoms with Crippen LogP contribution in [-0.2, 0) is 11.3 Å². The van der Waals surface area contributed by atoms with Crippen molar-refractivity contribution in [2.75, 3.05) is 5.75 Å². The van der Waals surface area contributed by atoms with Gasteiger partial charge in [0.15, 0.2) is 5.16 Å². The second kappa shape index (κ2) is 7.79. The number of nitrogens with zero attached hydrogens (tertiary/aromatic N) is 1. The molecule has 4 nitrogen and oxygen atoms in total. The van der Waals surface area contributed by atoms with Gasteiger partial charge in [0, 0.05) is 12.1 Å². The van der Waals surface area contributed by atoms with Gasteiger partial charge in [-0.05, 0) is 11.6 Å². The number of carbonyl (C=O) groups is 1. The standard InChI is InChI=1S/C18H16FN3OS/c19-15-9-5-4-8-14(15)10-20-17(23)12-24-18-21-11-16(22-18)13-6-2-1-3-7-13/h1-9,11H,10,12H2,(H,20,23)(H,21,22). The molecule has 1 heterocycles. The van der Waals surface area contributed by atoms with E-state index in [0.717, 1.165) is 11.3 Å². The first-order valence-electron chi connectivity index (χ1n) is 7.46. The maximum Gasteiger partial charge on any atom is 0.230 e. The summed E-state index contributed by atoms with van der Waals surface area (Å²) in [4.78, 5) is 19.3. The highest BCUT2D eigenvalue weighted by Gasteiger charge is 2.08. The minimum Gasteiger partial charge on any atom is -0.351 e.